The molecule has 4 rings (SSSR count). The number of hydrogen-bond donors (Lipinski definition) is 3. The maximum absolute atomic E-state index is 12.8. The average Bonchev–Trinajstić information content (AvgIpc) is 3.36. The molecule has 1 aromatic heterocycles. The van der Waals surface area contributed by atoms with Crippen molar-refractivity contribution in [3.05, 3.63) is 22.3 Å². The predicted octanol–water partition coefficient (Wildman–Crippen LogP) is 0.237. The number of fused-ring (bicyclic) bond motifs is 1. The minimum atomic E-state index is -1.22. The number of anilines is 1. The molecule has 11 nitrogen and oxygen atoms in total. The van der Waals surface area contributed by atoms with E-state index in [1.165, 1.54) is 29.2 Å². The molecule has 0 aromatic carbocycles. The first-order chi connectivity index (χ1) is 14.8. The van der Waals surface area contributed by atoms with Gasteiger partial charge in [-0.15, -0.1) is 23.1 Å². The van der Waals surface area contributed by atoms with Gasteiger partial charge < -0.3 is 21.0 Å². The van der Waals surface area contributed by atoms with Crippen molar-refractivity contribution in [3.63, 3.8) is 0 Å². The molecule has 14 heteroatoms. The van der Waals surface area contributed by atoms with Crippen LogP contribution in [-0.2, 0) is 24.0 Å². The molecular weight excluding hydrogens is 466 g/mol. The molecule has 0 aliphatic carbocycles. The van der Waals surface area contributed by atoms with E-state index in [9.17, 15) is 24.3 Å². The Labute approximate surface area is 188 Å². The van der Waals surface area contributed by atoms with Gasteiger partial charge in [-0.25, -0.2) is 9.78 Å². The van der Waals surface area contributed by atoms with Crippen LogP contribution in [-0.4, -0.2) is 73.1 Å². The van der Waals surface area contributed by atoms with Crippen LogP contribution in [0.5, 0.6) is 0 Å². The van der Waals surface area contributed by atoms with Crippen LogP contribution in [0.3, 0.4) is 0 Å². The number of aromatic nitrogens is 1. The highest BCUT2D eigenvalue weighted by molar-refractivity contribution is 8.14. The Kier molecular flexibility index (Phi) is 5.94. The molecule has 3 aliphatic heterocycles. The van der Waals surface area contributed by atoms with E-state index in [1.54, 1.807) is 0 Å². The maximum atomic E-state index is 12.8. The van der Waals surface area contributed by atoms with Gasteiger partial charge in [0.05, 0.1) is 0 Å². The quantitative estimate of drug-likeness (QED) is 0.290. The first-order valence-corrected chi connectivity index (χ1v) is 11.9. The lowest BCUT2D eigenvalue weighted by molar-refractivity contribution is -0.150. The van der Waals surface area contributed by atoms with Crippen LogP contribution in [0.15, 0.2) is 21.8 Å². The maximum Gasteiger partial charge on any atom is 0.352 e. The Hall–Kier alpha value is -2.58. The number of amides is 2. The summed E-state index contributed by atoms with van der Waals surface area (Å²) in [5.74, 6) is -2.09. The molecule has 0 bridgehead atoms. The normalized spacial score (nSPS) is 25.9. The number of carboxylic acids is 1. The van der Waals surface area contributed by atoms with Crippen LogP contribution in [0.4, 0.5) is 5.13 Å². The third-order valence-corrected chi connectivity index (χ3v) is 8.17. The first kappa shape index (κ1) is 21.6. The van der Waals surface area contributed by atoms with Crippen molar-refractivity contribution in [1.29, 1.82) is 0 Å². The number of carbonyl (C=O) groups is 4. The highest BCUT2D eigenvalue weighted by atomic mass is 32.2. The predicted molar refractivity (Wildman–Crippen MR) is 115 cm³/mol. The molecule has 2 saturated heterocycles. The zero-order chi connectivity index (χ0) is 22.3. The second-order valence-corrected chi connectivity index (χ2v) is 10.0. The molecule has 2 fully saturated rings. The van der Waals surface area contributed by atoms with Gasteiger partial charge in [0.25, 0.3) is 11.8 Å². The first-order valence-electron chi connectivity index (χ1n) is 9.05. The standard InChI is InChI=1S/C17H17N5O6S3/c1-28-21-10(7-5-30-17(18)19-7)13(24)20-11-14(25)22-12(16(26)27)6(4-29-15(11)22)8-2-3-9(23)31-8/h5,8,11,15H,2-4H2,1H3,(H2,18,19)(H,20,24)(H,26,27)/b21-10-/t8-,11-,15-/m1/s1. The number of thioether (sulfide) groups is 2. The van der Waals surface area contributed by atoms with E-state index in [2.05, 4.69) is 15.5 Å². The number of nitrogens with two attached hydrogens (primary N) is 1. The number of nitrogen functional groups attached to an aromatic ring is 1. The Balaban J connectivity index is 1.54. The van der Waals surface area contributed by atoms with Crippen LogP contribution >= 0.6 is 34.9 Å². The van der Waals surface area contributed by atoms with Crippen LogP contribution in [0.2, 0.25) is 0 Å². The SMILES string of the molecule is CO/N=C(\C(=O)N[C@@H]1C(=O)N2C(C(=O)O)=C([C@H]3CCC(=O)S3)CS[C@H]12)c1csc(N)n1. The van der Waals surface area contributed by atoms with Gasteiger partial charge in [-0.1, -0.05) is 16.9 Å². The van der Waals surface area contributed by atoms with E-state index in [0.29, 0.717) is 24.2 Å². The molecule has 4 N–H and O–H groups in total. The molecule has 2 amide bonds. The van der Waals surface area contributed by atoms with Crippen molar-refractivity contribution in [2.75, 3.05) is 18.6 Å². The van der Waals surface area contributed by atoms with E-state index < -0.39 is 29.2 Å². The van der Waals surface area contributed by atoms with Crippen molar-refractivity contribution < 1.29 is 29.1 Å². The number of rotatable bonds is 6. The second-order valence-electron chi connectivity index (χ2n) is 6.75. The lowest BCUT2D eigenvalue weighted by Crippen LogP contribution is -2.71. The van der Waals surface area contributed by atoms with Gasteiger partial charge in [-0.05, 0) is 12.0 Å². The number of nitrogens with one attached hydrogen (secondary N) is 1. The number of aliphatic carboxylic acids is 1. The molecular formula is C17H17N5O6S3. The topological polar surface area (TPSA) is 164 Å². The van der Waals surface area contributed by atoms with Crippen molar-refractivity contribution in [3.8, 4) is 0 Å². The Morgan fingerprint density at radius 3 is 2.77 bits per heavy atom. The summed E-state index contributed by atoms with van der Waals surface area (Å²) < 4.78 is 0. The van der Waals surface area contributed by atoms with Crippen LogP contribution in [0, 0.1) is 0 Å². The van der Waals surface area contributed by atoms with E-state index in [1.807, 2.05) is 0 Å². The molecule has 3 atom stereocenters. The lowest BCUT2D eigenvalue weighted by atomic mass is 10.00. The highest BCUT2D eigenvalue weighted by Crippen LogP contribution is 2.45. The fourth-order valence-electron chi connectivity index (χ4n) is 3.56. The van der Waals surface area contributed by atoms with Crippen LogP contribution < -0.4 is 11.1 Å². The molecule has 0 saturated carbocycles. The molecule has 3 aliphatic rings. The van der Waals surface area contributed by atoms with Gasteiger partial charge in [0, 0.05) is 22.8 Å². The second kappa shape index (κ2) is 8.51. The summed E-state index contributed by atoms with van der Waals surface area (Å²) in [6.45, 7) is 0. The van der Waals surface area contributed by atoms with E-state index in [0.717, 1.165) is 23.1 Å². The van der Waals surface area contributed by atoms with Gasteiger partial charge in [0.15, 0.2) is 16.0 Å². The minimum absolute atomic E-state index is 0.0158. The van der Waals surface area contributed by atoms with E-state index >= 15 is 0 Å². The van der Waals surface area contributed by atoms with Gasteiger partial charge in [-0.2, -0.15) is 0 Å². The lowest BCUT2D eigenvalue weighted by Gasteiger charge is -2.49. The molecule has 1 aromatic rings. The van der Waals surface area contributed by atoms with Gasteiger partial charge in [0.2, 0.25) is 0 Å². The molecule has 4 heterocycles. The van der Waals surface area contributed by atoms with Crippen molar-refractivity contribution in [1.82, 2.24) is 15.2 Å². The number of carbonyl (C=O) groups excluding carboxylic acids is 3. The number of hydrogen-bond acceptors (Lipinski definition) is 11. The highest BCUT2D eigenvalue weighted by Gasteiger charge is 2.55. The average molecular weight is 484 g/mol. The van der Waals surface area contributed by atoms with Gasteiger partial charge in [-0.3, -0.25) is 19.3 Å². The molecule has 0 spiro atoms. The van der Waals surface area contributed by atoms with Gasteiger partial charge in [0.1, 0.15) is 29.9 Å². The number of nitrogens with zero attached hydrogens (tertiary/aromatic N) is 3. The minimum Gasteiger partial charge on any atom is -0.477 e. The summed E-state index contributed by atoms with van der Waals surface area (Å²) in [4.78, 5) is 59.1. The summed E-state index contributed by atoms with van der Waals surface area (Å²) in [5, 5.41) is 17.0. The van der Waals surface area contributed by atoms with Crippen molar-refractivity contribution in [2.45, 2.75) is 29.5 Å². The zero-order valence-electron chi connectivity index (χ0n) is 16.1. The van der Waals surface area contributed by atoms with E-state index in [4.69, 9.17) is 10.6 Å². The fraction of sp³-hybridized carbons (Fsp3) is 0.412. The molecule has 0 unspecified atom stereocenters. The van der Waals surface area contributed by atoms with Crippen LogP contribution in [0.1, 0.15) is 18.5 Å². The van der Waals surface area contributed by atoms with Crippen LogP contribution in [0.25, 0.3) is 0 Å². The Morgan fingerprint density at radius 1 is 1.42 bits per heavy atom. The Morgan fingerprint density at radius 2 is 2.19 bits per heavy atom. The molecule has 164 valence electrons. The monoisotopic (exact) mass is 483 g/mol. The smallest absolute Gasteiger partial charge is 0.352 e. The number of thiazole rings is 1. The van der Waals surface area contributed by atoms with Crippen molar-refractivity contribution in [2.24, 2.45) is 5.16 Å². The fourth-order valence-corrected chi connectivity index (χ4v) is 6.76. The largest absolute Gasteiger partial charge is 0.477 e. The number of β-lactam (4-membered cyclic amide) rings is 1. The summed E-state index contributed by atoms with van der Waals surface area (Å²) in [6.07, 6.45) is 0.936. The summed E-state index contributed by atoms with van der Waals surface area (Å²) in [7, 11) is 1.27. The Bertz CT molecular complexity index is 1040. The third-order valence-electron chi connectivity index (χ3n) is 4.92. The summed E-state index contributed by atoms with van der Waals surface area (Å²) in [6, 6.07) is -0.927. The number of carboxylic acid groups (broad SMARTS) is 1. The zero-order valence-corrected chi connectivity index (χ0v) is 18.5. The summed E-state index contributed by atoms with van der Waals surface area (Å²) in [5.41, 5.74) is 6.15. The molecule has 0 radical (unpaired) electrons. The number of oxime groups is 1. The van der Waals surface area contributed by atoms with Gasteiger partial charge >= 0.3 is 5.97 Å². The molecule has 31 heavy (non-hydrogen) atoms. The third kappa shape index (κ3) is 3.90. The summed E-state index contributed by atoms with van der Waals surface area (Å²) >= 11 is 3.59. The van der Waals surface area contributed by atoms with E-state index in [-0.39, 0.29) is 32.6 Å². The van der Waals surface area contributed by atoms with Crippen molar-refractivity contribution >= 4 is 68.6 Å².